The van der Waals surface area contributed by atoms with Crippen molar-refractivity contribution in [2.24, 2.45) is 0 Å². The monoisotopic (exact) mass is 339 g/mol. The second-order valence-electron chi connectivity index (χ2n) is 5.67. The number of hydrogen-bond acceptors (Lipinski definition) is 1. The van der Waals surface area contributed by atoms with Gasteiger partial charge in [-0.3, -0.25) is 4.98 Å². The Morgan fingerprint density at radius 3 is 2.67 bits per heavy atom. The molecule has 122 valence electrons. The topological polar surface area (TPSA) is 12.9 Å². The Hall–Kier alpha value is -2.37. The Bertz CT molecular complexity index is 867. The zero-order chi connectivity index (χ0) is 16.1. The lowest BCUT2D eigenvalue weighted by Crippen LogP contribution is -1.88. The Morgan fingerprint density at radius 1 is 1.00 bits per heavy atom. The fourth-order valence-corrected chi connectivity index (χ4v) is 2.72. The minimum Gasteiger partial charge on any atom is -0.256 e. The van der Waals surface area contributed by atoms with Crippen molar-refractivity contribution in [1.82, 2.24) is 4.98 Å². The molecule has 0 unspecified atom stereocenters. The Balaban J connectivity index is 0.00000208. The minimum absolute atomic E-state index is 0. The molecular formula is C21H19ClFN. The molecule has 0 N–H and O–H groups in total. The molecule has 24 heavy (non-hydrogen) atoms. The summed E-state index contributed by atoms with van der Waals surface area (Å²) in [5, 5.41) is 1.08. The lowest BCUT2D eigenvalue weighted by molar-refractivity contribution is 0.628. The predicted molar refractivity (Wildman–Crippen MR) is 101 cm³/mol. The third-order valence-corrected chi connectivity index (χ3v) is 3.94. The van der Waals surface area contributed by atoms with Crippen molar-refractivity contribution in [2.75, 3.05) is 0 Å². The second kappa shape index (κ2) is 8.47. The van der Waals surface area contributed by atoms with Crippen LogP contribution in [0.25, 0.3) is 22.0 Å². The predicted octanol–water partition coefficient (Wildman–Crippen LogP) is 5.81. The summed E-state index contributed by atoms with van der Waals surface area (Å²) in [6.07, 6.45) is 11.1. The van der Waals surface area contributed by atoms with Gasteiger partial charge in [0.05, 0.1) is 5.52 Å². The summed E-state index contributed by atoms with van der Waals surface area (Å²) in [4.78, 5) is 4.49. The molecule has 0 aliphatic carbocycles. The highest BCUT2D eigenvalue weighted by atomic mass is 35.5. The largest absolute Gasteiger partial charge is 0.256 e. The molecule has 1 nitrogen and oxygen atoms in total. The third kappa shape index (κ3) is 4.34. The number of hydrogen-bond donors (Lipinski definition) is 0. The molecule has 0 bridgehead atoms. The number of rotatable bonds is 5. The van der Waals surface area contributed by atoms with Crippen LogP contribution < -0.4 is 0 Å². The van der Waals surface area contributed by atoms with Crippen LogP contribution in [-0.4, -0.2) is 4.98 Å². The van der Waals surface area contributed by atoms with Gasteiger partial charge in [0.15, 0.2) is 0 Å². The molecule has 3 aromatic rings. The van der Waals surface area contributed by atoms with Gasteiger partial charge in [0.2, 0.25) is 0 Å². The van der Waals surface area contributed by atoms with Gasteiger partial charge < -0.3 is 0 Å². The van der Waals surface area contributed by atoms with Gasteiger partial charge in [-0.2, -0.15) is 0 Å². The first-order chi connectivity index (χ1) is 11.3. The zero-order valence-electron chi connectivity index (χ0n) is 13.3. The fraction of sp³-hybridized carbons (Fsp3) is 0.190. The molecule has 0 radical (unpaired) electrons. The van der Waals surface area contributed by atoms with Crippen LogP contribution in [0.15, 0.2) is 54.7 Å². The maximum Gasteiger partial charge on any atom is 0.123 e. The quantitative estimate of drug-likeness (QED) is 0.422. The van der Waals surface area contributed by atoms with Crippen molar-refractivity contribution >= 4 is 23.3 Å². The van der Waals surface area contributed by atoms with Crippen LogP contribution in [0.2, 0.25) is 0 Å². The number of benzene rings is 2. The van der Waals surface area contributed by atoms with E-state index in [2.05, 4.69) is 29.1 Å². The molecule has 1 heterocycles. The van der Waals surface area contributed by atoms with E-state index in [-0.39, 0.29) is 18.2 Å². The summed E-state index contributed by atoms with van der Waals surface area (Å²) in [5.74, 6) is 2.44. The molecule has 2 aromatic carbocycles. The minimum atomic E-state index is -0.232. The lowest BCUT2D eigenvalue weighted by Gasteiger charge is -2.06. The summed E-state index contributed by atoms with van der Waals surface area (Å²) in [7, 11) is 0. The third-order valence-electron chi connectivity index (χ3n) is 3.94. The van der Waals surface area contributed by atoms with Gasteiger partial charge in [-0.1, -0.05) is 18.2 Å². The first-order valence-corrected chi connectivity index (χ1v) is 7.84. The molecule has 0 fully saturated rings. The standard InChI is InChI=1S/C21H18FN.ClH/c1-2-3-4-5-7-16-10-11-21-18(12-16)13-19(15-23-21)17-8-6-9-20(22)14-17;/h1,6,8-15H,3-5,7H2;1H. The lowest BCUT2D eigenvalue weighted by atomic mass is 10.0. The van der Waals surface area contributed by atoms with Crippen molar-refractivity contribution < 1.29 is 4.39 Å². The molecule has 3 rings (SSSR count). The highest BCUT2D eigenvalue weighted by Gasteiger charge is 2.03. The molecule has 0 atom stereocenters. The number of unbranched alkanes of at least 4 members (excludes halogenated alkanes) is 2. The van der Waals surface area contributed by atoms with Crippen molar-refractivity contribution in [3.8, 4) is 23.5 Å². The zero-order valence-corrected chi connectivity index (χ0v) is 14.2. The van der Waals surface area contributed by atoms with Crippen LogP contribution in [0.3, 0.4) is 0 Å². The molecule has 0 aliphatic heterocycles. The van der Waals surface area contributed by atoms with Crippen LogP contribution in [0.4, 0.5) is 4.39 Å². The van der Waals surface area contributed by atoms with E-state index in [0.717, 1.165) is 47.7 Å². The summed E-state index contributed by atoms with van der Waals surface area (Å²) in [6, 6.07) is 15.0. The molecule has 3 heteroatoms. The van der Waals surface area contributed by atoms with E-state index >= 15 is 0 Å². The van der Waals surface area contributed by atoms with Gasteiger partial charge >= 0.3 is 0 Å². The van der Waals surface area contributed by atoms with Crippen LogP contribution in [-0.2, 0) is 6.42 Å². The van der Waals surface area contributed by atoms with Gasteiger partial charge in [0.25, 0.3) is 0 Å². The molecule has 0 saturated carbocycles. The van der Waals surface area contributed by atoms with Gasteiger partial charge in [-0.25, -0.2) is 4.39 Å². The van der Waals surface area contributed by atoms with E-state index < -0.39 is 0 Å². The first kappa shape index (κ1) is 18.0. The van der Waals surface area contributed by atoms with Crippen LogP contribution >= 0.6 is 12.4 Å². The van der Waals surface area contributed by atoms with Crippen molar-refractivity contribution in [3.05, 3.63) is 66.1 Å². The average molecular weight is 340 g/mol. The number of aryl methyl sites for hydroxylation is 1. The SMILES string of the molecule is C#CCCCCc1ccc2ncc(-c3cccc(F)c3)cc2c1.Cl. The Labute approximate surface area is 148 Å². The molecule has 0 aliphatic rings. The fourth-order valence-electron chi connectivity index (χ4n) is 2.72. The van der Waals surface area contributed by atoms with E-state index in [1.54, 1.807) is 12.3 Å². The molecule has 1 aromatic heterocycles. The number of fused-ring (bicyclic) bond motifs is 1. The highest BCUT2D eigenvalue weighted by molar-refractivity contribution is 5.85. The summed E-state index contributed by atoms with van der Waals surface area (Å²) in [5.41, 5.74) is 4.02. The highest BCUT2D eigenvalue weighted by Crippen LogP contribution is 2.24. The Morgan fingerprint density at radius 2 is 1.88 bits per heavy atom. The van der Waals surface area contributed by atoms with Gasteiger partial charge in [-0.05, 0) is 60.7 Å². The number of nitrogens with zero attached hydrogens (tertiary/aromatic N) is 1. The maximum atomic E-state index is 13.4. The molecule has 0 amide bonds. The van der Waals surface area contributed by atoms with E-state index in [1.807, 2.05) is 12.1 Å². The van der Waals surface area contributed by atoms with Crippen molar-refractivity contribution in [1.29, 1.82) is 0 Å². The number of halogens is 2. The van der Waals surface area contributed by atoms with Crippen LogP contribution in [0, 0.1) is 18.2 Å². The number of terminal acetylenes is 1. The van der Waals surface area contributed by atoms with Crippen LogP contribution in [0.5, 0.6) is 0 Å². The maximum absolute atomic E-state index is 13.4. The van der Waals surface area contributed by atoms with E-state index in [1.165, 1.54) is 17.7 Å². The molecule has 0 spiro atoms. The second-order valence-corrected chi connectivity index (χ2v) is 5.67. The first-order valence-electron chi connectivity index (χ1n) is 7.84. The smallest absolute Gasteiger partial charge is 0.123 e. The van der Waals surface area contributed by atoms with Crippen molar-refractivity contribution in [3.63, 3.8) is 0 Å². The number of aromatic nitrogens is 1. The summed E-state index contributed by atoms with van der Waals surface area (Å²) >= 11 is 0. The van der Waals surface area contributed by atoms with E-state index in [4.69, 9.17) is 6.42 Å². The molecule has 0 saturated heterocycles. The van der Waals surface area contributed by atoms with E-state index in [9.17, 15) is 4.39 Å². The summed E-state index contributed by atoms with van der Waals surface area (Å²) < 4.78 is 13.4. The van der Waals surface area contributed by atoms with Crippen LogP contribution in [0.1, 0.15) is 24.8 Å². The van der Waals surface area contributed by atoms with Gasteiger partial charge in [0.1, 0.15) is 5.82 Å². The van der Waals surface area contributed by atoms with E-state index in [0.29, 0.717) is 0 Å². The Kier molecular flexibility index (Phi) is 6.35. The van der Waals surface area contributed by atoms with Crippen molar-refractivity contribution in [2.45, 2.75) is 25.7 Å². The summed E-state index contributed by atoms with van der Waals surface area (Å²) in [6.45, 7) is 0. The van der Waals surface area contributed by atoms with Gasteiger partial charge in [0, 0.05) is 23.6 Å². The van der Waals surface area contributed by atoms with Gasteiger partial charge in [-0.15, -0.1) is 24.8 Å². The number of pyridine rings is 1. The molecular weight excluding hydrogens is 321 g/mol. The normalized spacial score (nSPS) is 10.2. The average Bonchev–Trinajstić information content (AvgIpc) is 2.58.